The maximum atomic E-state index is 12.8. The van der Waals surface area contributed by atoms with E-state index in [4.69, 9.17) is 4.74 Å². The molecule has 0 aliphatic carbocycles. The fourth-order valence-electron chi connectivity index (χ4n) is 3.40. The van der Waals surface area contributed by atoms with Crippen molar-refractivity contribution in [3.05, 3.63) is 72.6 Å². The lowest BCUT2D eigenvalue weighted by molar-refractivity contribution is 0.0746. The molecule has 0 saturated carbocycles. The van der Waals surface area contributed by atoms with Gasteiger partial charge in [0.1, 0.15) is 5.75 Å². The van der Waals surface area contributed by atoms with Crippen LogP contribution in [0.25, 0.3) is 5.69 Å². The largest absolute Gasteiger partial charge is 0.495 e. The van der Waals surface area contributed by atoms with Crippen LogP contribution >= 0.6 is 0 Å². The van der Waals surface area contributed by atoms with E-state index in [1.54, 1.807) is 18.0 Å². The van der Waals surface area contributed by atoms with Crippen LogP contribution in [0.1, 0.15) is 10.4 Å². The third kappa shape index (κ3) is 3.51. The van der Waals surface area contributed by atoms with Gasteiger partial charge in [-0.15, -0.1) is 0 Å². The standard InChI is InChI=1S/C21H22N4O2/c1-27-20-6-3-2-5-19(20)23-13-15-24(16-14-23)21(26)17-7-9-18(10-8-17)25-12-4-11-22-25/h2-12H,13-16H2,1H3. The van der Waals surface area contributed by atoms with Crippen LogP contribution in [-0.2, 0) is 0 Å². The third-order valence-electron chi connectivity index (χ3n) is 4.88. The van der Waals surface area contributed by atoms with Crippen LogP contribution in [0.5, 0.6) is 5.75 Å². The van der Waals surface area contributed by atoms with Crippen molar-refractivity contribution in [3.8, 4) is 11.4 Å². The Labute approximate surface area is 158 Å². The molecule has 6 nitrogen and oxygen atoms in total. The van der Waals surface area contributed by atoms with E-state index < -0.39 is 0 Å². The number of benzene rings is 2. The summed E-state index contributed by atoms with van der Waals surface area (Å²) in [5.74, 6) is 0.938. The first kappa shape index (κ1) is 17.1. The van der Waals surface area contributed by atoms with Gasteiger partial charge in [0.15, 0.2) is 0 Å². The Hall–Kier alpha value is -3.28. The second-order valence-corrected chi connectivity index (χ2v) is 6.45. The van der Waals surface area contributed by atoms with Crippen LogP contribution in [0.3, 0.4) is 0 Å². The lowest BCUT2D eigenvalue weighted by atomic mass is 10.1. The van der Waals surface area contributed by atoms with E-state index in [9.17, 15) is 4.79 Å². The molecule has 1 fully saturated rings. The molecule has 0 N–H and O–H groups in total. The number of hydrogen-bond donors (Lipinski definition) is 0. The van der Waals surface area contributed by atoms with Crippen molar-refractivity contribution in [2.75, 3.05) is 38.2 Å². The molecule has 1 saturated heterocycles. The van der Waals surface area contributed by atoms with Crippen LogP contribution in [0, 0.1) is 0 Å². The van der Waals surface area contributed by atoms with Crippen molar-refractivity contribution in [3.63, 3.8) is 0 Å². The number of nitrogens with zero attached hydrogens (tertiary/aromatic N) is 4. The second-order valence-electron chi connectivity index (χ2n) is 6.45. The SMILES string of the molecule is COc1ccccc1N1CCN(C(=O)c2ccc(-n3cccn3)cc2)CC1. The maximum Gasteiger partial charge on any atom is 0.253 e. The van der Waals surface area contributed by atoms with E-state index in [1.807, 2.05) is 59.6 Å². The van der Waals surface area contributed by atoms with Crippen molar-refractivity contribution >= 4 is 11.6 Å². The minimum Gasteiger partial charge on any atom is -0.495 e. The molecule has 0 unspecified atom stereocenters. The highest BCUT2D eigenvalue weighted by atomic mass is 16.5. The fourth-order valence-corrected chi connectivity index (χ4v) is 3.40. The molecule has 1 aliphatic heterocycles. The first-order valence-corrected chi connectivity index (χ1v) is 9.03. The number of aromatic nitrogens is 2. The Morgan fingerprint density at radius 3 is 2.37 bits per heavy atom. The highest BCUT2D eigenvalue weighted by molar-refractivity contribution is 5.94. The van der Waals surface area contributed by atoms with Crippen LogP contribution < -0.4 is 9.64 Å². The number of ether oxygens (including phenoxy) is 1. The first-order chi connectivity index (χ1) is 13.3. The molecule has 6 heteroatoms. The van der Waals surface area contributed by atoms with Crippen LogP contribution in [0.15, 0.2) is 67.0 Å². The molecule has 4 rings (SSSR count). The summed E-state index contributed by atoms with van der Waals surface area (Å²) in [5, 5.41) is 4.21. The molecule has 27 heavy (non-hydrogen) atoms. The van der Waals surface area contributed by atoms with E-state index in [2.05, 4.69) is 16.1 Å². The van der Waals surface area contributed by atoms with Gasteiger partial charge in [-0.05, 0) is 42.5 Å². The van der Waals surface area contributed by atoms with E-state index in [0.29, 0.717) is 18.7 Å². The number of anilines is 1. The zero-order valence-electron chi connectivity index (χ0n) is 15.3. The van der Waals surface area contributed by atoms with Gasteiger partial charge >= 0.3 is 0 Å². The van der Waals surface area contributed by atoms with E-state index in [-0.39, 0.29) is 5.91 Å². The van der Waals surface area contributed by atoms with Crippen LogP contribution in [0.2, 0.25) is 0 Å². The number of methoxy groups -OCH3 is 1. The Morgan fingerprint density at radius 1 is 0.963 bits per heavy atom. The summed E-state index contributed by atoms with van der Waals surface area (Å²) >= 11 is 0. The van der Waals surface area contributed by atoms with E-state index in [1.165, 1.54) is 0 Å². The molecule has 0 atom stereocenters. The minimum absolute atomic E-state index is 0.0710. The zero-order chi connectivity index (χ0) is 18.6. The summed E-state index contributed by atoms with van der Waals surface area (Å²) in [4.78, 5) is 17.0. The molecule has 1 amide bonds. The Bertz CT molecular complexity index is 898. The highest BCUT2D eigenvalue weighted by Gasteiger charge is 2.23. The van der Waals surface area contributed by atoms with Gasteiger partial charge in [-0.25, -0.2) is 4.68 Å². The summed E-state index contributed by atoms with van der Waals surface area (Å²) in [6.07, 6.45) is 3.62. The zero-order valence-corrected chi connectivity index (χ0v) is 15.3. The molecule has 0 spiro atoms. The molecule has 0 radical (unpaired) electrons. The summed E-state index contributed by atoms with van der Waals surface area (Å²) in [7, 11) is 1.69. The Kier molecular flexibility index (Phi) is 4.78. The Balaban J connectivity index is 1.41. The lowest BCUT2D eigenvalue weighted by Crippen LogP contribution is -2.48. The fraction of sp³-hybridized carbons (Fsp3) is 0.238. The minimum atomic E-state index is 0.0710. The highest BCUT2D eigenvalue weighted by Crippen LogP contribution is 2.28. The number of rotatable bonds is 4. The van der Waals surface area contributed by atoms with Gasteiger partial charge in [-0.2, -0.15) is 5.10 Å². The van der Waals surface area contributed by atoms with Gasteiger partial charge in [0.25, 0.3) is 5.91 Å². The molecular weight excluding hydrogens is 340 g/mol. The average molecular weight is 362 g/mol. The van der Waals surface area contributed by atoms with Gasteiger partial charge in [-0.3, -0.25) is 4.79 Å². The topological polar surface area (TPSA) is 50.6 Å². The quantitative estimate of drug-likeness (QED) is 0.716. The molecule has 1 aromatic heterocycles. The van der Waals surface area contributed by atoms with Crippen molar-refractivity contribution < 1.29 is 9.53 Å². The van der Waals surface area contributed by atoms with Gasteiger partial charge in [0.05, 0.1) is 18.5 Å². The van der Waals surface area contributed by atoms with Crippen molar-refractivity contribution in [1.82, 2.24) is 14.7 Å². The molecule has 0 bridgehead atoms. The number of piperazine rings is 1. The van der Waals surface area contributed by atoms with Gasteiger partial charge in [0, 0.05) is 44.1 Å². The van der Waals surface area contributed by atoms with Crippen LogP contribution in [0.4, 0.5) is 5.69 Å². The second kappa shape index (κ2) is 7.53. The predicted octanol–water partition coefficient (Wildman–Crippen LogP) is 2.84. The van der Waals surface area contributed by atoms with E-state index in [0.717, 1.165) is 30.2 Å². The third-order valence-corrected chi connectivity index (χ3v) is 4.88. The maximum absolute atomic E-state index is 12.8. The normalized spacial score (nSPS) is 14.3. The first-order valence-electron chi connectivity index (χ1n) is 9.03. The number of carbonyl (C=O) groups excluding carboxylic acids is 1. The molecule has 2 aromatic carbocycles. The lowest BCUT2D eigenvalue weighted by Gasteiger charge is -2.36. The van der Waals surface area contributed by atoms with Gasteiger partial charge in [0.2, 0.25) is 0 Å². The van der Waals surface area contributed by atoms with Crippen molar-refractivity contribution in [1.29, 1.82) is 0 Å². The average Bonchev–Trinajstić information content (AvgIpc) is 3.28. The summed E-state index contributed by atoms with van der Waals surface area (Å²) in [6.45, 7) is 2.96. The molecule has 1 aliphatic rings. The molecule has 2 heterocycles. The number of carbonyl (C=O) groups is 1. The monoisotopic (exact) mass is 362 g/mol. The summed E-state index contributed by atoms with van der Waals surface area (Å²) in [6, 6.07) is 17.5. The number of para-hydroxylation sites is 2. The molecule has 3 aromatic rings. The van der Waals surface area contributed by atoms with E-state index >= 15 is 0 Å². The summed E-state index contributed by atoms with van der Waals surface area (Å²) in [5.41, 5.74) is 2.73. The molecule has 138 valence electrons. The van der Waals surface area contributed by atoms with Gasteiger partial charge < -0.3 is 14.5 Å². The summed E-state index contributed by atoms with van der Waals surface area (Å²) < 4.78 is 7.23. The molecular formula is C21H22N4O2. The Morgan fingerprint density at radius 2 is 1.70 bits per heavy atom. The van der Waals surface area contributed by atoms with Crippen molar-refractivity contribution in [2.24, 2.45) is 0 Å². The number of hydrogen-bond acceptors (Lipinski definition) is 4. The van der Waals surface area contributed by atoms with Gasteiger partial charge in [-0.1, -0.05) is 12.1 Å². The smallest absolute Gasteiger partial charge is 0.253 e. The van der Waals surface area contributed by atoms with Crippen LogP contribution in [-0.4, -0.2) is 53.9 Å². The number of amides is 1. The van der Waals surface area contributed by atoms with Crippen molar-refractivity contribution in [2.45, 2.75) is 0 Å². The predicted molar refractivity (Wildman–Crippen MR) is 105 cm³/mol.